The first-order chi connectivity index (χ1) is 13.3. The van der Waals surface area contributed by atoms with Gasteiger partial charge in [0.25, 0.3) is 0 Å². The SMILES string of the molecule is NC(=NCc1ccc(-c2ccccc2)cc1)NCCCCCN1CCCC1. The van der Waals surface area contributed by atoms with Crippen molar-refractivity contribution in [2.24, 2.45) is 10.7 Å². The summed E-state index contributed by atoms with van der Waals surface area (Å²) in [4.78, 5) is 7.03. The molecule has 27 heavy (non-hydrogen) atoms. The van der Waals surface area contributed by atoms with Crippen LogP contribution in [0.4, 0.5) is 0 Å². The minimum absolute atomic E-state index is 0.543. The molecule has 0 amide bonds. The number of nitrogens with one attached hydrogen (secondary N) is 1. The third-order valence-electron chi connectivity index (χ3n) is 5.15. The van der Waals surface area contributed by atoms with Crippen LogP contribution in [0.2, 0.25) is 0 Å². The summed E-state index contributed by atoms with van der Waals surface area (Å²) in [7, 11) is 0. The highest BCUT2D eigenvalue weighted by atomic mass is 15.1. The molecule has 1 saturated heterocycles. The number of hydrogen-bond donors (Lipinski definition) is 2. The van der Waals surface area contributed by atoms with E-state index < -0.39 is 0 Å². The first-order valence-corrected chi connectivity index (χ1v) is 10.2. The van der Waals surface area contributed by atoms with Gasteiger partial charge in [-0.3, -0.25) is 0 Å². The molecular weight excluding hydrogens is 332 g/mol. The number of guanidine groups is 1. The minimum atomic E-state index is 0.543. The molecule has 2 aromatic rings. The second-order valence-corrected chi connectivity index (χ2v) is 7.30. The van der Waals surface area contributed by atoms with Crippen molar-refractivity contribution < 1.29 is 0 Å². The van der Waals surface area contributed by atoms with Crippen LogP contribution in [-0.4, -0.2) is 37.0 Å². The molecule has 3 N–H and O–H groups in total. The third-order valence-corrected chi connectivity index (χ3v) is 5.15. The number of nitrogens with two attached hydrogens (primary N) is 1. The van der Waals surface area contributed by atoms with Crippen LogP contribution >= 0.6 is 0 Å². The van der Waals surface area contributed by atoms with Crippen LogP contribution < -0.4 is 11.1 Å². The molecule has 4 nitrogen and oxygen atoms in total. The van der Waals surface area contributed by atoms with E-state index in [2.05, 4.69) is 63.7 Å². The average Bonchev–Trinajstić information content (AvgIpc) is 3.23. The molecular formula is C23H32N4. The van der Waals surface area contributed by atoms with E-state index in [1.165, 1.54) is 62.0 Å². The van der Waals surface area contributed by atoms with E-state index in [1.54, 1.807) is 0 Å². The fourth-order valence-corrected chi connectivity index (χ4v) is 3.53. The Hall–Kier alpha value is -2.33. The summed E-state index contributed by atoms with van der Waals surface area (Å²) in [6.45, 7) is 5.36. The van der Waals surface area contributed by atoms with Gasteiger partial charge in [0, 0.05) is 6.54 Å². The third kappa shape index (κ3) is 6.72. The summed E-state index contributed by atoms with van der Waals surface area (Å²) >= 11 is 0. The van der Waals surface area contributed by atoms with Crippen molar-refractivity contribution in [1.29, 1.82) is 0 Å². The Balaban J connectivity index is 1.32. The van der Waals surface area contributed by atoms with Gasteiger partial charge in [-0.1, -0.05) is 61.0 Å². The number of nitrogens with zero attached hydrogens (tertiary/aromatic N) is 2. The lowest BCUT2D eigenvalue weighted by molar-refractivity contribution is 0.328. The fraction of sp³-hybridized carbons (Fsp3) is 0.435. The van der Waals surface area contributed by atoms with Gasteiger partial charge in [0.2, 0.25) is 0 Å². The predicted octanol–water partition coefficient (Wildman–Crippen LogP) is 4.02. The second-order valence-electron chi connectivity index (χ2n) is 7.30. The van der Waals surface area contributed by atoms with Gasteiger partial charge in [-0.05, 0) is 62.0 Å². The maximum absolute atomic E-state index is 5.99. The van der Waals surface area contributed by atoms with Crippen LogP contribution in [0.5, 0.6) is 0 Å². The van der Waals surface area contributed by atoms with Crippen LogP contribution in [0.25, 0.3) is 11.1 Å². The molecule has 0 unspecified atom stereocenters. The topological polar surface area (TPSA) is 53.6 Å². The maximum atomic E-state index is 5.99. The summed E-state index contributed by atoms with van der Waals surface area (Å²) in [5.41, 5.74) is 9.62. The van der Waals surface area contributed by atoms with Crippen molar-refractivity contribution >= 4 is 5.96 Å². The number of unbranched alkanes of at least 4 members (excludes halogenated alkanes) is 2. The highest BCUT2D eigenvalue weighted by Gasteiger charge is 2.09. The molecule has 3 rings (SSSR count). The van der Waals surface area contributed by atoms with Crippen LogP contribution in [-0.2, 0) is 6.54 Å². The number of rotatable bonds is 9. The summed E-state index contributed by atoms with van der Waals surface area (Å²) in [6.07, 6.45) is 6.44. The van der Waals surface area contributed by atoms with Crippen LogP contribution in [0, 0.1) is 0 Å². The quantitative estimate of drug-likeness (QED) is 0.401. The van der Waals surface area contributed by atoms with Crippen molar-refractivity contribution in [2.75, 3.05) is 26.2 Å². The van der Waals surface area contributed by atoms with Gasteiger partial charge in [-0.2, -0.15) is 0 Å². The fourth-order valence-electron chi connectivity index (χ4n) is 3.53. The van der Waals surface area contributed by atoms with E-state index >= 15 is 0 Å². The van der Waals surface area contributed by atoms with E-state index in [0.29, 0.717) is 12.5 Å². The van der Waals surface area contributed by atoms with Crippen LogP contribution in [0.1, 0.15) is 37.7 Å². The zero-order valence-corrected chi connectivity index (χ0v) is 16.2. The molecule has 4 heteroatoms. The predicted molar refractivity (Wildman–Crippen MR) is 115 cm³/mol. The lowest BCUT2D eigenvalue weighted by Crippen LogP contribution is -2.32. The largest absolute Gasteiger partial charge is 0.370 e. The van der Waals surface area contributed by atoms with Gasteiger partial charge < -0.3 is 16.0 Å². The van der Waals surface area contributed by atoms with Crippen molar-refractivity contribution in [2.45, 2.75) is 38.6 Å². The molecule has 0 spiro atoms. The van der Waals surface area contributed by atoms with Crippen molar-refractivity contribution in [1.82, 2.24) is 10.2 Å². The molecule has 0 aliphatic carbocycles. The smallest absolute Gasteiger partial charge is 0.188 e. The van der Waals surface area contributed by atoms with Gasteiger partial charge in [-0.25, -0.2) is 4.99 Å². The second kappa shape index (κ2) is 10.7. The van der Waals surface area contributed by atoms with E-state index in [0.717, 1.165) is 13.0 Å². The summed E-state index contributed by atoms with van der Waals surface area (Å²) in [5, 5.41) is 3.23. The Kier molecular flexibility index (Phi) is 7.72. The monoisotopic (exact) mass is 364 g/mol. The first-order valence-electron chi connectivity index (χ1n) is 10.2. The molecule has 0 atom stereocenters. The van der Waals surface area contributed by atoms with Gasteiger partial charge in [-0.15, -0.1) is 0 Å². The van der Waals surface area contributed by atoms with Crippen molar-refractivity contribution in [3.05, 3.63) is 60.2 Å². The Morgan fingerprint density at radius 3 is 2.33 bits per heavy atom. The number of likely N-dealkylation sites (tertiary alicyclic amines) is 1. The summed E-state index contributed by atoms with van der Waals surface area (Å²) in [6, 6.07) is 18.9. The zero-order valence-electron chi connectivity index (χ0n) is 16.2. The van der Waals surface area contributed by atoms with Crippen molar-refractivity contribution in [3.63, 3.8) is 0 Å². The Labute approximate surface area is 163 Å². The molecule has 2 aromatic carbocycles. The normalized spacial score (nSPS) is 15.2. The molecule has 0 radical (unpaired) electrons. The van der Waals surface area contributed by atoms with Gasteiger partial charge in [0.05, 0.1) is 6.54 Å². The lowest BCUT2D eigenvalue weighted by Gasteiger charge is -2.13. The van der Waals surface area contributed by atoms with Crippen LogP contribution in [0.3, 0.4) is 0 Å². The average molecular weight is 365 g/mol. The lowest BCUT2D eigenvalue weighted by atomic mass is 10.0. The zero-order chi connectivity index (χ0) is 18.7. The minimum Gasteiger partial charge on any atom is -0.370 e. The van der Waals surface area contributed by atoms with E-state index in [1.807, 2.05) is 6.07 Å². The molecule has 144 valence electrons. The van der Waals surface area contributed by atoms with E-state index in [9.17, 15) is 0 Å². The summed E-state index contributed by atoms with van der Waals surface area (Å²) < 4.78 is 0. The Bertz CT molecular complexity index is 688. The summed E-state index contributed by atoms with van der Waals surface area (Å²) in [5.74, 6) is 0.543. The Morgan fingerprint density at radius 1 is 0.889 bits per heavy atom. The molecule has 0 bridgehead atoms. The highest BCUT2D eigenvalue weighted by molar-refractivity contribution is 5.77. The van der Waals surface area contributed by atoms with E-state index in [-0.39, 0.29) is 0 Å². The standard InChI is InChI=1S/C23H32N4/c24-23(25-15-5-2-6-16-27-17-7-8-18-27)26-19-20-11-13-22(14-12-20)21-9-3-1-4-10-21/h1,3-4,9-14H,2,5-8,15-19H2,(H3,24,25,26). The molecule has 0 saturated carbocycles. The van der Waals surface area contributed by atoms with Crippen molar-refractivity contribution in [3.8, 4) is 11.1 Å². The molecule has 0 aromatic heterocycles. The molecule has 1 fully saturated rings. The first kappa shape index (κ1) is 19.4. The number of benzene rings is 2. The molecule has 1 heterocycles. The van der Waals surface area contributed by atoms with Gasteiger partial charge in [0.15, 0.2) is 5.96 Å². The molecule has 1 aliphatic heterocycles. The molecule has 1 aliphatic rings. The maximum Gasteiger partial charge on any atom is 0.188 e. The van der Waals surface area contributed by atoms with Gasteiger partial charge >= 0.3 is 0 Å². The number of hydrogen-bond acceptors (Lipinski definition) is 2. The van der Waals surface area contributed by atoms with Crippen LogP contribution in [0.15, 0.2) is 59.6 Å². The number of aliphatic imine (C=N–C) groups is 1. The van der Waals surface area contributed by atoms with E-state index in [4.69, 9.17) is 5.73 Å². The highest BCUT2D eigenvalue weighted by Crippen LogP contribution is 2.19. The van der Waals surface area contributed by atoms with Gasteiger partial charge in [0.1, 0.15) is 0 Å². The Morgan fingerprint density at radius 2 is 1.59 bits per heavy atom.